The zero-order valence-corrected chi connectivity index (χ0v) is 56.1. The molecule has 0 spiro atoms. The maximum absolute atomic E-state index is 12.5. The minimum atomic E-state index is -1.84. The van der Waals surface area contributed by atoms with Gasteiger partial charge in [-0.3, -0.25) is 4.79 Å². The van der Waals surface area contributed by atoms with Crippen molar-refractivity contribution in [1.29, 1.82) is 0 Å². The van der Waals surface area contributed by atoms with E-state index in [1.54, 1.807) is 26.0 Å². The predicted octanol–water partition coefficient (Wildman–Crippen LogP) is 1.40. The number of unbranched alkanes of at least 4 members (excludes halogenated alkanes) is 3. The number of aliphatic hydroxyl groups excluding tert-OH is 21. The van der Waals surface area contributed by atoms with E-state index in [1.807, 2.05) is 55.5 Å². The lowest BCUT2D eigenvalue weighted by atomic mass is 9.86. The first-order valence-electron chi connectivity index (χ1n) is 34.2. The lowest BCUT2D eigenvalue weighted by molar-refractivity contribution is -0.234. The summed E-state index contributed by atoms with van der Waals surface area (Å²) in [6, 6.07) is 0. The van der Waals surface area contributed by atoms with Gasteiger partial charge in [0.05, 0.1) is 92.1 Å². The second-order valence-corrected chi connectivity index (χ2v) is 26.7. The van der Waals surface area contributed by atoms with E-state index in [-0.39, 0.29) is 101 Å². The molecular weight excluding hydrogens is 1240 g/mol. The van der Waals surface area contributed by atoms with E-state index in [1.165, 1.54) is 12.2 Å². The number of rotatable bonds is 51. The Labute approximate surface area is 562 Å². The average Bonchev–Trinajstić information content (AvgIpc) is 0.840. The van der Waals surface area contributed by atoms with Crippen molar-refractivity contribution >= 4 is 5.78 Å². The summed E-state index contributed by atoms with van der Waals surface area (Å²) in [5.41, 5.74) is 0.458. The summed E-state index contributed by atoms with van der Waals surface area (Å²) in [5, 5.41) is 224. The maximum Gasteiger partial charge on any atom is 0.138 e. The van der Waals surface area contributed by atoms with Crippen molar-refractivity contribution in [3.8, 4) is 0 Å². The fraction of sp³-hybridized carbons (Fsp3) is 0.761. The number of hydrogen-bond donors (Lipinski definition) is 21. The van der Waals surface area contributed by atoms with Crippen LogP contribution < -0.4 is 0 Å². The van der Waals surface area contributed by atoms with Gasteiger partial charge in [-0.1, -0.05) is 118 Å². The molecule has 24 heteroatoms. The number of aliphatic hydroxyl groups is 21. The molecule has 2 fully saturated rings. The monoisotopic (exact) mass is 1360 g/mol. The van der Waals surface area contributed by atoms with Crippen LogP contribution in [-0.2, 0) is 14.3 Å². The molecule has 2 aliphatic heterocycles. The van der Waals surface area contributed by atoms with E-state index in [9.17, 15) is 107 Å². The highest BCUT2D eigenvalue weighted by Gasteiger charge is 2.47. The van der Waals surface area contributed by atoms with Gasteiger partial charge >= 0.3 is 0 Å². The van der Waals surface area contributed by atoms with E-state index >= 15 is 0 Å². The van der Waals surface area contributed by atoms with Crippen LogP contribution in [0.1, 0.15) is 175 Å². The highest BCUT2D eigenvalue weighted by molar-refractivity contribution is 5.79. The SMILES string of the molecule is C=CC=CCCC=CC=CC=CCCC=CC(O)C(O)C1OC(C(O)C(O)C(=C)CCC(O)C2CC(O)C(O)C(C(O)C(O)C=C(C)CCC(O)CC(O)C(O)C(C)CC(O)C(O)CC(C)CCC(O)CC(=O)CC(O)CCCC(O)CCCCC(O)CO)O2)CC(O)C1O. The normalized spacial score (nSPS) is 26.8. The van der Waals surface area contributed by atoms with Crippen molar-refractivity contribution < 1.29 is 122 Å². The molecule has 0 amide bonds. The molecule has 0 aromatic heterocycles. The Morgan fingerprint density at radius 2 is 1.02 bits per heavy atom. The first-order valence-corrected chi connectivity index (χ1v) is 34.2. The molecule has 26 atom stereocenters. The van der Waals surface area contributed by atoms with E-state index in [0.29, 0.717) is 69.8 Å². The van der Waals surface area contributed by atoms with E-state index in [4.69, 9.17) is 14.6 Å². The second kappa shape index (κ2) is 48.4. The predicted molar refractivity (Wildman–Crippen MR) is 357 cm³/mol. The molecule has 2 rings (SSSR count). The van der Waals surface area contributed by atoms with Crippen LogP contribution in [0, 0.1) is 11.8 Å². The Morgan fingerprint density at radius 1 is 0.516 bits per heavy atom. The van der Waals surface area contributed by atoms with Gasteiger partial charge in [-0.05, 0) is 133 Å². The maximum atomic E-state index is 12.5. The summed E-state index contributed by atoms with van der Waals surface area (Å²) in [6.45, 7) is 12.1. The third-order valence-electron chi connectivity index (χ3n) is 18.0. The van der Waals surface area contributed by atoms with Crippen molar-refractivity contribution in [2.45, 2.75) is 321 Å². The molecule has 0 saturated carbocycles. The molecule has 24 nitrogen and oxygen atoms in total. The molecule has 2 saturated heterocycles. The topological polar surface area (TPSA) is 460 Å². The molecule has 2 aliphatic rings. The minimum Gasteiger partial charge on any atom is -0.394 e. The third kappa shape index (κ3) is 35.0. The summed E-state index contributed by atoms with van der Waals surface area (Å²) in [7, 11) is 0. The molecule has 550 valence electrons. The summed E-state index contributed by atoms with van der Waals surface area (Å²) >= 11 is 0. The van der Waals surface area contributed by atoms with Crippen LogP contribution in [0.5, 0.6) is 0 Å². The molecule has 0 aromatic rings. The van der Waals surface area contributed by atoms with Crippen molar-refractivity contribution in [3.05, 3.63) is 97.2 Å². The van der Waals surface area contributed by atoms with Gasteiger partial charge < -0.3 is 117 Å². The Bertz CT molecular complexity index is 2260. The molecule has 2 heterocycles. The largest absolute Gasteiger partial charge is 0.394 e. The summed E-state index contributed by atoms with van der Waals surface area (Å²) < 4.78 is 11.6. The summed E-state index contributed by atoms with van der Waals surface area (Å²) in [4.78, 5) is 12.5. The third-order valence-corrected chi connectivity index (χ3v) is 18.0. The molecule has 21 N–H and O–H groups in total. The van der Waals surface area contributed by atoms with Gasteiger partial charge in [0.1, 0.15) is 66.8 Å². The van der Waals surface area contributed by atoms with Crippen LogP contribution >= 0.6 is 0 Å². The van der Waals surface area contributed by atoms with Crippen molar-refractivity contribution in [1.82, 2.24) is 0 Å². The Hall–Kier alpha value is -3.33. The van der Waals surface area contributed by atoms with Crippen LogP contribution in [0.3, 0.4) is 0 Å². The van der Waals surface area contributed by atoms with Crippen molar-refractivity contribution in [3.63, 3.8) is 0 Å². The van der Waals surface area contributed by atoms with Crippen LogP contribution in [0.4, 0.5) is 0 Å². The van der Waals surface area contributed by atoms with E-state index < -0.39 is 152 Å². The lowest BCUT2D eigenvalue weighted by Crippen LogP contribution is -2.59. The van der Waals surface area contributed by atoms with Gasteiger partial charge in [-0.25, -0.2) is 0 Å². The van der Waals surface area contributed by atoms with Gasteiger partial charge in [0.2, 0.25) is 0 Å². The standard InChI is InChI=1S/C71H122O24/c1-6-7-8-9-10-11-12-13-14-15-16-17-18-19-27-54(80)65(89)70-68(92)60(86)41-62(95-70)69(93)64(88)45(4)30-33-53(79)61-40-59(85)67(91)71(94-61)66(90)57(83)35-44(3)29-32-50(76)39-58(84)63(87)46(5)36-56(82)55(81)34-43(2)28-31-49(75)38-52(78)37-48(74)26-22-25-47(73)23-20-21-24-51(77)42-72/h6-8,11-16,19,27,35,43,46-51,53-77,79-93H,1,4,9-10,17-18,20-26,28-34,36-42H2,2-3,5H3. The lowest BCUT2D eigenvalue weighted by Gasteiger charge is -2.42. The highest BCUT2D eigenvalue weighted by Crippen LogP contribution is 2.32. The van der Waals surface area contributed by atoms with Crippen LogP contribution in [0.25, 0.3) is 0 Å². The van der Waals surface area contributed by atoms with Gasteiger partial charge in [0.25, 0.3) is 0 Å². The molecule has 0 bridgehead atoms. The summed E-state index contributed by atoms with van der Waals surface area (Å²) in [5.74, 6) is -1.23. The molecule has 0 radical (unpaired) electrons. The van der Waals surface area contributed by atoms with E-state index in [2.05, 4.69) is 13.2 Å². The number of Topliss-reactive ketones (excluding diaryl/α,β-unsaturated/α-hetero) is 1. The van der Waals surface area contributed by atoms with Gasteiger partial charge in [-0.15, -0.1) is 0 Å². The Kier molecular flexibility index (Phi) is 44.8. The number of allylic oxidation sites excluding steroid dienone is 11. The minimum absolute atomic E-state index is 0.00134. The zero-order valence-electron chi connectivity index (χ0n) is 56.1. The fourth-order valence-corrected chi connectivity index (χ4v) is 11.8. The second-order valence-electron chi connectivity index (χ2n) is 26.7. The average molecular weight is 1360 g/mol. The number of carbonyl (C=O) groups is 1. The van der Waals surface area contributed by atoms with Crippen LogP contribution in [0.2, 0.25) is 0 Å². The van der Waals surface area contributed by atoms with Crippen LogP contribution in [0.15, 0.2) is 97.2 Å². The zero-order chi connectivity index (χ0) is 71.3. The molecule has 0 aromatic carbocycles. The fourth-order valence-electron chi connectivity index (χ4n) is 11.8. The highest BCUT2D eigenvalue weighted by atomic mass is 16.6. The van der Waals surface area contributed by atoms with Crippen molar-refractivity contribution in [2.75, 3.05) is 6.61 Å². The first-order chi connectivity index (χ1) is 44.9. The number of hydrogen-bond acceptors (Lipinski definition) is 24. The smallest absolute Gasteiger partial charge is 0.138 e. The van der Waals surface area contributed by atoms with Gasteiger partial charge in [-0.2, -0.15) is 0 Å². The quantitative estimate of drug-likeness (QED) is 0.0232. The Balaban J connectivity index is 1.80. The number of ketones is 1. The van der Waals surface area contributed by atoms with Gasteiger partial charge in [0.15, 0.2) is 0 Å². The van der Waals surface area contributed by atoms with E-state index in [0.717, 1.165) is 12.8 Å². The molecular formula is C71H122O24. The molecule has 95 heavy (non-hydrogen) atoms. The summed E-state index contributed by atoms with van der Waals surface area (Å²) in [6.07, 6.45) is -6.28. The molecule has 26 unspecified atom stereocenters. The number of carbonyl (C=O) groups excluding carboxylic acids is 1. The first kappa shape index (κ1) is 87.8. The molecule has 0 aliphatic carbocycles. The van der Waals surface area contributed by atoms with Gasteiger partial charge in [0, 0.05) is 32.1 Å². The Morgan fingerprint density at radius 3 is 1.61 bits per heavy atom. The van der Waals surface area contributed by atoms with Crippen LogP contribution in [-0.4, -0.2) is 266 Å². The number of ether oxygens (including phenoxy) is 2. The van der Waals surface area contributed by atoms with Crippen molar-refractivity contribution in [2.24, 2.45) is 11.8 Å².